The van der Waals surface area contributed by atoms with E-state index in [4.69, 9.17) is 4.74 Å². The average Bonchev–Trinajstić information content (AvgIpc) is 3.52. The first-order valence-electron chi connectivity index (χ1n) is 11.0. The Morgan fingerprint density at radius 1 is 1.17 bits per heavy atom. The molecule has 0 bridgehead atoms. The van der Waals surface area contributed by atoms with Crippen molar-refractivity contribution in [2.45, 2.75) is 49.1 Å². The molecule has 9 heteroatoms. The lowest BCUT2D eigenvalue weighted by Crippen LogP contribution is -2.50. The summed E-state index contributed by atoms with van der Waals surface area (Å²) in [5, 5.41) is 0. The lowest BCUT2D eigenvalue weighted by molar-refractivity contribution is -0.131. The number of nitrogens with zero attached hydrogens (tertiary/aromatic N) is 4. The van der Waals surface area contributed by atoms with Crippen molar-refractivity contribution < 1.29 is 17.9 Å². The first-order chi connectivity index (χ1) is 14.5. The van der Waals surface area contributed by atoms with Gasteiger partial charge >= 0.3 is 0 Å². The van der Waals surface area contributed by atoms with Crippen LogP contribution in [0, 0.1) is 5.92 Å². The van der Waals surface area contributed by atoms with Gasteiger partial charge in [-0.05, 0) is 44.2 Å². The Hall–Kier alpha value is -1.55. The fourth-order valence-electron chi connectivity index (χ4n) is 4.54. The molecule has 0 radical (unpaired) electrons. The van der Waals surface area contributed by atoms with Crippen LogP contribution in [0.2, 0.25) is 0 Å². The summed E-state index contributed by atoms with van der Waals surface area (Å²) in [6.07, 6.45) is 7.87. The van der Waals surface area contributed by atoms with Crippen LogP contribution < -0.4 is 0 Å². The third kappa shape index (κ3) is 4.85. The summed E-state index contributed by atoms with van der Waals surface area (Å²) in [5.74, 6) is 0.553. The smallest absolute Gasteiger partial charge is 0.244 e. The summed E-state index contributed by atoms with van der Waals surface area (Å²) in [4.78, 5) is 21.1. The maximum atomic E-state index is 12.9. The molecule has 1 aromatic heterocycles. The highest BCUT2D eigenvalue weighted by Gasteiger charge is 2.39. The van der Waals surface area contributed by atoms with Gasteiger partial charge in [-0.15, -0.1) is 0 Å². The second kappa shape index (κ2) is 9.30. The van der Waals surface area contributed by atoms with Crippen LogP contribution in [0.25, 0.3) is 0 Å². The van der Waals surface area contributed by atoms with E-state index in [0.717, 1.165) is 58.4 Å². The summed E-state index contributed by atoms with van der Waals surface area (Å²) < 4.78 is 32.7. The minimum atomic E-state index is -3.56. The monoisotopic (exact) mass is 436 g/mol. The van der Waals surface area contributed by atoms with E-state index in [1.54, 1.807) is 25.4 Å². The number of hydrogen-bond acceptors (Lipinski definition) is 6. The quantitative estimate of drug-likeness (QED) is 0.609. The number of hydrogen-bond donors (Lipinski definition) is 0. The van der Waals surface area contributed by atoms with Crippen molar-refractivity contribution in [2.75, 3.05) is 46.4 Å². The summed E-state index contributed by atoms with van der Waals surface area (Å²) in [5.41, 5.74) is 0. The average molecular weight is 437 g/mol. The second-order valence-electron chi connectivity index (χ2n) is 8.60. The number of rotatable bonds is 8. The number of aromatic nitrogens is 1. The van der Waals surface area contributed by atoms with Crippen molar-refractivity contribution in [1.29, 1.82) is 0 Å². The van der Waals surface area contributed by atoms with Crippen LogP contribution in [0.5, 0.6) is 0 Å². The Balaban J connectivity index is 1.42. The molecule has 2 aliphatic heterocycles. The van der Waals surface area contributed by atoms with E-state index in [1.165, 1.54) is 10.5 Å². The topological polar surface area (TPSA) is 83.0 Å². The molecule has 3 aliphatic rings. The summed E-state index contributed by atoms with van der Waals surface area (Å²) in [7, 11) is -1.93. The number of pyridine rings is 1. The lowest BCUT2D eigenvalue weighted by Gasteiger charge is -2.39. The molecule has 1 unspecified atom stereocenters. The zero-order valence-electron chi connectivity index (χ0n) is 17.6. The highest BCUT2D eigenvalue weighted by Crippen LogP contribution is 2.33. The molecule has 3 heterocycles. The van der Waals surface area contributed by atoms with Gasteiger partial charge in [-0.2, -0.15) is 4.31 Å². The van der Waals surface area contributed by atoms with Crippen molar-refractivity contribution in [3.05, 3.63) is 24.5 Å². The SMILES string of the molecule is CN(CCN(C1CCOCC1)C1CCN(C(=O)C2CC2)C1)S(=O)(=O)c1cccnc1. The van der Waals surface area contributed by atoms with E-state index in [9.17, 15) is 13.2 Å². The van der Waals surface area contributed by atoms with Crippen molar-refractivity contribution in [3.63, 3.8) is 0 Å². The van der Waals surface area contributed by atoms with Gasteiger partial charge in [-0.3, -0.25) is 14.7 Å². The lowest BCUT2D eigenvalue weighted by atomic mass is 10.0. The number of carbonyl (C=O) groups is 1. The molecule has 2 saturated heterocycles. The molecule has 3 fully saturated rings. The molecule has 0 N–H and O–H groups in total. The molecule has 1 atom stereocenters. The number of likely N-dealkylation sites (N-methyl/N-ethyl adjacent to an activating group) is 1. The number of sulfonamides is 1. The first kappa shape index (κ1) is 21.7. The Morgan fingerprint density at radius 3 is 2.60 bits per heavy atom. The third-order valence-electron chi connectivity index (χ3n) is 6.55. The van der Waals surface area contributed by atoms with Gasteiger partial charge in [0.2, 0.25) is 15.9 Å². The molecule has 166 valence electrons. The van der Waals surface area contributed by atoms with E-state index < -0.39 is 10.0 Å². The number of likely N-dealkylation sites (tertiary alicyclic amines) is 1. The normalized spacial score (nSPS) is 23.4. The van der Waals surface area contributed by atoms with Gasteiger partial charge in [0.25, 0.3) is 0 Å². The zero-order chi connectivity index (χ0) is 21.1. The summed E-state index contributed by atoms with van der Waals surface area (Å²) >= 11 is 0. The van der Waals surface area contributed by atoms with E-state index in [0.29, 0.717) is 25.0 Å². The third-order valence-corrected chi connectivity index (χ3v) is 8.39. The Kier molecular flexibility index (Phi) is 6.72. The Labute approximate surface area is 179 Å². The van der Waals surface area contributed by atoms with Gasteiger partial charge in [0.05, 0.1) is 0 Å². The predicted molar refractivity (Wildman–Crippen MR) is 112 cm³/mol. The molecule has 1 amide bonds. The van der Waals surface area contributed by atoms with Crippen LogP contribution in [0.3, 0.4) is 0 Å². The van der Waals surface area contributed by atoms with Crippen LogP contribution in [0.4, 0.5) is 0 Å². The van der Waals surface area contributed by atoms with E-state index in [-0.39, 0.29) is 16.9 Å². The molecule has 1 saturated carbocycles. The van der Waals surface area contributed by atoms with Gasteiger partial charge in [0.15, 0.2) is 0 Å². The van der Waals surface area contributed by atoms with Crippen molar-refractivity contribution in [1.82, 2.24) is 19.1 Å². The number of ether oxygens (including phenoxy) is 1. The van der Waals surface area contributed by atoms with Gasteiger partial charge in [-0.1, -0.05) is 0 Å². The van der Waals surface area contributed by atoms with Crippen LogP contribution in [0.15, 0.2) is 29.4 Å². The Morgan fingerprint density at radius 2 is 1.93 bits per heavy atom. The fraction of sp³-hybridized carbons (Fsp3) is 0.714. The van der Waals surface area contributed by atoms with Crippen LogP contribution in [-0.2, 0) is 19.6 Å². The molecular formula is C21H32N4O4S. The zero-order valence-corrected chi connectivity index (χ0v) is 18.5. The minimum absolute atomic E-state index is 0.215. The highest BCUT2D eigenvalue weighted by molar-refractivity contribution is 7.89. The van der Waals surface area contributed by atoms with Crippen LogP contribution in [0.1, 0.15) is 32.1 Å². The first-order valence-corrected chi connectivity index (χ1v) is 12.4. The van der Waals surface area contributed by atoms with E-state index >= 15 is 0 Å². The highest BCUT2D eigenvalue weighted by atomic mass is 32.2. The molecule has 0 aromatic carbocycles. The number of amides is 1. The van der Waals surface area contributed by atoms with Gasteiger partial charge in [-0.25, -0.2) is 8.42 Å². The molecule has 8 nitrogen and oxygen atoms in total. The van der Waals surface area contributed by atoms with Crippen molar-refractivity contribution >= 4 is 15.9 Å². The molecule has 30 heavy (non-hydrogen) atoms. The fourth-order valence-corrected chi connectivity index (χ4v) is 5.66. The molecule has 0 spiro atoms. The van der Waals surface area contributed by atoms with E-state index in [1.807, 2.05) is 4.90 Å². The largest absolute Gasteiger partial charge is 0.381 e. The second-order valence-corrected chi connectivity index (χ2v) is 10.6. The summed E-state index contributed by atoms with van der Waals surface area (Å²) in [6.45, 7) is 4.10. The minimum Gasteiger partial charge on any atom is -0.381 e. The van der Waals surface area contributed by atoms with Gasteiger partial charge in [0.1, 0.15) is 4.90 Å². The Bertz CT molecular complexity index is 825. The van der Waals surface area contributed by atoms with Crippen LogP contribution >= 0.6 is 0 Å². The van der Waals surface area contributed by atoms with Crippen LogP contribution in [-0.4, -0.2) is 91.9 Å². The van der Waals surface area contributed by atoms with E-state index in [2.05, 4.69) is 9.88 Å². The predicted octanol–water partition coefficient (Wildman–Crippen LogP) is 1.19. The maximum absolute atomic E-state index is 12.9. The molecule has 4 rings (SSSR count). The maximum Gasteiger partial charge on any atom is 0.244 e. The summed E-state index contributed by atoms with van der Waals surface area (Å²) in [6, 6.07) is 3.87. The standard InChI is InChI=1S/C21H32N4O4S/c1-23(30(27,28)20-3-2-9-22-15-20)11-12-25(18-7-13-29-14-8-18)19-6-10-24(16-19)21(26)17-4-5-17/h2-3,9,15,17-19H,4-8,10-14,16H2,1H3. The van der Waals surface area contributed by atoms with Gasteiger partial charge < -0.3 is 9.64 Å². The van der Waals surface area contributed by atoms with Crippen molar-refractivity contribution in [2.24, 2.45) is 5.92 Å². The van der Waals surface area contributed by atoms with Crippen molar-refractivity contribution in [3.8, 4) is 0 Å². The molecule has 1 aliphatic carbocycles. The number of carbonyl (C=O) groups excluding carboxylic acids is 1. The van der Waals surface area contributed by atoms with Gasteiger partial charge in [0, 0.05) is 76.8 Å². The molecule has 1 aromatic rings. The molecular weight excluding hydrogens is 404 g/mol.